The van der Waals surface area contributed by atoms with Crippen molar-refractivity contribution in [2.75, 3.05) is 10.8 Å². The lowest BCUT2D eigenvalue weighted by molar-refractivity contribution is -0.137. The zero-order valence-corrected chi connectivity index (χ0v) is 18.0. The van der Waals surface area contributed by atoms with Gasteiger partial charge in [0.15, 0.2) is 0 Å². The standard InChI is InChI=1S/C24H20F3NO3S/c1-16-5-11-21(12-6-16)32(30,31)28-14-19(23-18(15-29)3-2-4-22(23)28)13-17-7-9-20(10-8-17)24(25,26)27/h2-12,15,19H,13-14H2,1H3/t19-/m0/s1. The van der Waals surface area contributed by atoms with Crippen LogP contribution in [0.2, 0.25) is 0 Å². The molecule has 1 heterocycles. The molecule has 0 saturated carbocycles. The molecule has 0 amide bonds. The summed E-state index contributed by atoms with van der Waals surface area (Å²) in [5.74, 6) is -0.372. The summed E-state index contributed by atoms with van der Waals surface area (Å²) in [6.07, 6.45) is -3.45. The second-order valence-electron chi connectivity index (χ2n) is 7.84. The maximum atomic E-state index is 13.4. The molecule has 0 aliphatic carbocycles. The van der Waals surface area contributed by atoms with E-state index in [4.69, 9.17) is 0 Å². The molecule has 8 heteroatoms. The van der Waals surface area contributed by atoms with Crippen LogP contribution in [0.5, 0.6) is 0 Å². The lowest BCUT2D eigenvalue weighted by atomic mass is 9.90. The molecule has 3 aromatic rings. The van der Waals surface area contributed by atoms with Crippen LogP contribution in [0.25, 0.3) is 0 Å². The maximum absolute atomic E-state index is 13.4. The molecule has 166 valence electrons. The van der Waals surface area contributed by atoms with Crippen LogP contribution in [0.15, 0.2) is 71.6 Å². The molecule has 32 heavy (non-hydrogen) atoms. The molecule has 4 rings (SSSR count). The number of anilines is 1. The minimum absolute atomic E-state index is 0.0947. The molecule has 0 N–H and O–H groups in total. The first-order valence-corrected chi connectivity index (χ1v) is 11.4. The molecule has 4 nitrogen and oxygen atoms in total. The average molecular weight is 459 g/mol. The third kappa shape index (κ3) is 4.02. The number of halogens is 3. The van der Waals surface area contributed by atoms with Gasteiger partial charge in [0.25, 0.3) is 10.0 Å². The number of hydrogen-bond donors (Lipinski definition) is 0. The Kier molecular flexibility index (Phi) is 5.58. The summed E-state index contributed by atoms with van der Waals surface area (Å²) in [5.41, 5.74) is 2.20. The molecule has 0 fully saturated rings. The molecule has 0 aromatic heterocycles. The van der Waals surface area contributed by atoms with Crippen molar-refractivity contribution >= 4 is 22.0 Å². The fourth-order valence-electron chi connectivity index (χ4n) is 4.07. The van der Waals surface area contributed by atoms with Crippen molar-refractivity contribution in [3.63, 3.8) is 0 Å². The van der Waals surface area contributed by atoms with Gasteiger partial charge in [0, 0.05) is 18.0 Å². The van der Waals surface area contributed by atoms with Gasteiger partial charge in [-0.25, -0.2) is 8.42 Å². The summed E-state index contributed by atoms with van der Waals surface area (Å²) in [5, 5.41) is 0. The second kappa shape index (κ2) is 8.09. The van der Waals surface area contributed by atoms with Gasteiger partial charge in [0.2, 0.25) is 0 Å². The summed E-state index contributed by atoms with van der Waals surface area (Å²) in [4.78, 5) is 11.8. The highest BCUT2D eigenvalue weighted by atomic mass is 32.2. The summed E-state index contributed by atoms with van der Waals surface area (Å²) in [6.45, 7) is 1.95. The number of fused-ring (bicyclic) bond motifs is 1. The Bertz CT molecular complexity index is 1250. The van der Waals surface area contributed by atoms with Crippen LogP contribution in [0, 0.1) is 6.92 Å². The van der Waals surface area contributed by atoms with Gasteiger partial charge in [-0.2, -0.15) is 13.2 Å². The van der Waals surface area contributed by atoms with Crippen molar-refractivity contribution in [1.29, 1.82) is 0 Å². The Labute approximate surface area is 184 Å². The highest BCUT2D eigenvalue weighted by Gasteiger charge is 2.38. The van der Waals surface area contributed by atoms with Crippen LogP contribution < -0.4 is 4.31 Å². The number of rotatable bonds is 5. The molecule has 0 unspecified atom stereocenters. The van der Waals surface area contributed by atoms with E-state index < -0.39 is 21.8 Å². The van der Waals surface area contributed by atoms with Gasteiger partial charge >= 0.3 is 6.18 Å². The Morgan fingerprint density at radius 2 is 1.66 bits per heavy atom. The first-order chi connectivity index (χ1) is 15.1. The van der Waals surface area contributed by atoms with Gasteiger partial charge in [-0.1, -0.05) is 42.0 Å². The van der Waals surface area contributed by atoms with E-state index in [2.05, 4.69) is 0 Å². The molecule has 1 atom stereocenters. The number of alkyl halides is 3. The Balaban J connectivity index is 1.72. The molecule has 3 aromatic carbocycles. The van der Waals surface area contributed by atoms with Crippen LogP contribution in [-0.4, -0.2) is 21.2 Å². The van der Waals surface area contributed by atoms with Crippen molar-refractivity contribution in [2.45, 2.75) is 30.3 Å². The van der Waals surface area contributed by atoms with E-state index in [1.165, 1.54) is 28.6 Å². The van der Waals surface area contributed by atoms with Gasteiger partial charge in [0.05, 0.1) is 16.1 Å². The number of carbonyl (C=O) groups excluding carboxylic acids is 1. The predicted molar refractivity (Wildman–Crippen MR) is 115 cm³/mol. The van der Waals surface area contributed by atoms with Gasteiger partial charge < -0.3 is 0 Å². The fraction of sp³-hybridized carbons (Fsp3) is 0.208. The van der Waals surface area contributed by atoms with E-state index in [9.17, 15) is 26.4 Å². The average Bonchev–Trinajstić information content (AvgIpc) is 3.13. The van der Waals surface area contributed by atoms with Crippen molar-refractivity contribution in [3.05, 3.63) is 94.5 Å². The van der Waals surface area contributed by atoms with Crippen molar-refractivity contribution in [3.8, 4) is 0 Å². The third-order valence-electron chi connectivity index (χ3n) is 5.68. The van der Waals surface area contributed by atoms with E-state index in [0.29, 0.717) is 35.1 Å². The Hall–Kier alpha value is -3.13. The number of benzene rings is 3. The van der Waals surface area contributed by atoms with Crippen LogP contribution in [0.4, 0.5) is 18.9 Å². The third-order valence-corrected chi connectivity index (χ3v) is 7.47. The molecule has 1 aliphatic heterocycles. The maximum Gasteiger partial charge on any atom is 0.416 e. The van der Waals surface area contributed by atoms with Crippen LogP contribution in [0.3, 0.4) is 0 Å². The molecule has 1 aliphatic rings. The topological polar surface area (TPSA) is 54.5 Å². The van der Waals surface area contributed by atoms with Crippen molar-refractivity contribution in [1.82, 2.24) is 0 Å². The SMILES string of the molecule is Cc1ccc(S(=O)(=O)N2C[C@H](Cc3ccc(C(F)(F)F)cc3)c3c(C=O)cccc32)cc1. The second-order valence-corrected chi connectivity index (χ2v) is 9.71. The van der Waals surface area contributed by atoms with E-state index in [0.717, 1.165) is 17.7 Å². The molecule has 0 bridgehead atoms. The normalized spacial score (nSPS) is 16.1. The van der Waals surface area contributed by atoms with E-state index >= 15 is 0 Å². The number of aryl methyl sites for hydroxylation is 1. The summed E-state index contributed by atoms with van der Waals surface area (Å²) >= 11 is 0. The fourth-order valence-corrected chi connectivity index (χ4v) is 5.60. The highest BCUT2D eigenvalue weighted by molar-refractivity contribution is 7.92. The Morgan fingerprint density at radius 1 is 1.00 bits per heavy atom. The minimum Gasteiger partial charge on any atom is -0.298 e. The van der Waals surface area contributed by atoms with E-state index in [-0.39, 0.29) is 17.4 Å². The molecular weight excluding hydrogens is 439 g/mol. The first-order valence-electron chi connectivity index (χ1n) is 9.95. The predicted octanol–water partition coefficient (Wildman–Crippen LogP) is 5.36. The smallest absolute Gasteiger partial charge is 0.298 e. The summed E-state index contributed by atoms with van der Waals surface area (Å²) in [7, 11) is -3.88. The number of hydrogen-bond acceptors (Lipinski definition) is 3. The monoisotopic (exact) mass is 459 g/mol. The van der Waals surface area contributed by atoms with Crippen LogP contribution >= 0.6 is 0 Å². The van der Waals surface area contributed by atoms with E-state index in [1.54, 1.807) is 30.3 Å². The molecular formula is C24H20F3NO3S. The summed E-state index contributed by atoms with van der Waals surface area (Å²) < 4.78 is 66.7. The zero-order valence-electron chi connectivity index (χ0n) is 17.1. The van der Waals surface area contributed by atoms with Crippen LogP contribution in [0.1, 0.15) is 38.5 Å². The molecule has 0 saturated heterocycles. The highest BCUT2D eigenvalue weighted by Crippen LogP contribution is 2.43. The summed E-state index contributed by atoms with van der Waals surface area (Å²) in [6, 6.07) is 16.2. The molecule has 0 spiro atoms. The Morgan fingerprint density at radius 3 is 2.25 bits per heavy atom. The lowest BCUT2D eigenvalue weighted by Crippen LogP contribution is -2.30. The van der Waals surface area contributed by atoms with E-state index in [1.807, 2.05) is 6.92 Å². The van der Waals surface area contributed by atoms with Gasteiger partial charge in [-0.15, -0.1) is 0 Å². The first kappa shape index (κ1) is 22.1. The number of nitrogens with zero attached hydrogens (tertiary/aromatic N) is 1. The number of sulfonamides is 1. The molecule has 0 radical (unpaired) electrons. The quantitative estimate of drug-likeness (QED) is 0.483. The van der Waals surface area contributed by atoms with Crippen LogP contribution in [-0.2, 0) is 22.6 Å². The number of aldehydes is 1. The van der Waals surface area contributed by atoms with Gasteiger partial charge in [-0.3, -0.25) is 9.10 Å². The largest absolute Gasteiger partial charge is 0.416 e. The minimum atomic E-state index is -4.43. The van der Waals surface area contributed by atoms with Gasteiger partial charge in [0.1, 0.15) is 6.29 Å². The van der Waals surface area contributed by atoms with Crippen molar-refractivity contribution < 1.29 is 26.4 Å². The lowest BCUT2D eigenvalue weighted by Gasteiger charge is -2.20. The van der Waals surface area contributed by atoms with Crippen molar-refractivity contribution in [2.24, 2.45) is 0 Å². The zero-order chi connectivity index (χ0) is 23.1. The number of carbonyl (C=O) groups is 1. The van der Waals surface area contributed by atoms with Gasteiger partial charge in [-0.05, 0) is 54.8 Å².